The minimum Gasteiger partial charge on any atom is -0.478 e. The molecule has 0 amide bonds. The van der Waals surface area contributed by atoms with Gasteiger partial charge in [0.2, 0.25) is 0 Å². The van der Waals surface area contributed by atoms with Crippen molar-refractivity contribution in [1.29, 1.82) is 0 Å². The average Bonchev–Trinajstić information content (AvgIpc) is 2.73. The third-order valence-electron chi connectivity index (χ3n) is 1.67. The van der Waals surface area contributed by atoms with E-state index in [4.69, 9.17) is 16.7 Å². The molecule has 2 N–H and O–H groups in total. The Kier molecular flexibility index (Phi) is 3.07. The lowest BCUT2D eigenvalue weighted by Crippen LogP contribution is -1.99. The molecule has 0 radical (unpaired) electrons. The molecule has 6 nitrogen and oxygen atoms in total. The first-order chi connectivity index (χ1) is 7.68. The molecule has 2 aromatic rings. The predicted molar refractivity (Wildman–Crippen MR) is 56.7 cm³/mol. The van der Waals surface area contributed by atoms with Gasteiger partial charge in [-0.3, -0.25) is 5.10 Å². The summed E-state index contributed by atoms with van der Waals surface area (Å²) < 4.78 is 0. The summed E-state index contributed by atoms with van der Waals surface area (Å²) in [7, 11) is 0. The second-order valence-electron chi connectivity index (χ2n) is 2.68. The molecular weight excluding hydrogens is 252 g/mol. The summed E-state index contributed by atoms with van der Waals surface area (Å²) in [6, 6.07) is 1.34. The van der Waals surface area contributed by atoms with Gasteiger partial charge in [-0.1, -0.05) is 11.6 Å². The molecule has 0 atom stereocenters. The van der Waals surface area contributed by atoms with E-state index >= 15 is 0 Å². The van der Waals surface area contributed by atoms with Gasteiger partial charge in [-0.05, 0) is 17.8 Å². The van der Waals surface area contributed by atoms with Crippen molar-refractivity contribution in [2.24, 2.45) is 0 Å². The summed E-state index contributed by atoms with van der Waals surface area (Å²) >= 11 is 7.01. The highest BCUT2D eigenvalue weighted by Crippen LogP contribution is 2.31. The van der Waals surface area contributed by atoms with E-state index in [0.29, 0.717) is 10.2 Å². The van der Waals surface area contributed by atoms with Crippen LogP contribution < -0.4 is 0 Å². The molecule has 0 aliphatic rings. The van der Waals surface area contributed by atoms with Crippen LogP contribution in [0.4, 0.5) is 0 Å². The number of pyridine rings is 1. The number of hydrogen-bond acceptors (Lipinski definition) is 5. The number of carboxylic acid groups (broad SMARTS) is 1. The van der Waals surface area contributed by atoms with Crippen LogP contribution in [0.25, 0.3) is 0 Å². The summed E-state index contributed by atoms with van der Waals surface area (Å²) in [4.78, 5) is 18.7. The number of aromatic nitrogens is 4. The molecule has 0 aliphatic carbocycles. The molecule has 2 aromatic heterocycles. The fourth-order valence-corrected chi connectivity index (χ4v) is 2.00. The zero-order valence-corrected chi connectivity index (χ0v) is 9.29. The molecule has 0 aromatic carbocycles. The number of carboxylic acids is 1. The average molecular weight is 257 g/mol. The van der Waals surface area contributed by atoms with Crippen LogP contribution in [0.3, 0.4) is 0 Å². The number of nitrogens with zero attached hydrogens (tertiary/aromatic N) is 3. The first kappa shape index (κ1) is 10.9. The lowest BCUT2D eigenvalue weighted by atomic mass is 10.3. The minimum absolute atomic E-state index is 0.0127. The van der Waals surface area contributed by atoms with Crippen LogP contribution in [0.5, 0.6) is 0 Å². The molecule has 0 aliphatic heterocycles. The van der Waals surface area contributed by atoms with Crippen molar-refractivity contribution in [2.45, 2.75) is 10.2 Å². The fourth-order valence-electron chi connectivity index (χ4n) is 0.996. The highest BCUT2D eigenvalue weighted by molar-refractivity contribution is 7.99. The van der Waals surface area contributed by atoms with E-state index in [1.165, 1.54) is 18.6 Å². The van der Waals surface area contributed by atoms with Crippen molar-refractivity contribution in [3.05, 3.63) is 29.2 Å². The molecule has 0 fully saturated rings. The van der Waals surface area contributed by atoms with E-state index < -0.39 is 5.97 Å². The van der Waals surface area contributed by atoms with Crippen LogP contribution in [0.1, 0.15) is 10.4 Å². The Morgan fingerprint density at radius 1 is 1.50 bits per heavy atom. The van der Waals surface area contributed by atoms with Gasteiger partial charge in [0, 0.05) is 6.20 Å². The van der Waals surface area contributed by atoms with Crippen molar-refractivity contribution >= 4 is 29.3 Å². The summed E-state index contributed by atoms with van der Waals surface area (Å²) in [6.45, 7) is 0. The largest absolute Gasteiger partial charge is 0.478 e. The number of rotatable bonds is 3. The number of halogens is 1. The van der Waals surface area contributed by atoms with E-state index in [9.17, 15) is 4.79 Å². The lowest BCUT2D eigenvalue weighted by Gasteiger charge is -2.02. The number of aromatic carboxylic acids is 1. The molecule has 0 saturated carbocycles. The van der Waals surface area contributed by atoms with E-state index in [-0.39, 0.29) is 10.6 Å². The van der Waals surface area contributed by atoms with Crippen molar-refractivity contribution in [2.75, 3.05) is 0 Å². The van der Waals surface area contributed by atoms with Crippen LogP contribution >= 0.6 is 23.4 Å². The maximum Gasteiger partial charge on any atom is 0.337 e. The van der Waals surface area contributed by atoms with E-state index in [1.807, 2.05) is 0 Å². The number of carbonyl (C=O) groups is 1. The number of H-pyrrole nitrogens is 1. The molecule has 0 saturated heterocycles. The Morgan fingerprint density at radius 2 is 2.31 bits per heavy atom. The first-order valence-electron chi connectivity index (χ1n) is 4.09. The van der Waals surface area contributed by atoms with Crippen LogP contribution in [0, 0.1) is 0 Å². The first-order valence-corrected chi connectivity index (χ1v) is 5.29. The predicted octanol–water partition coefficient (Wildman–Crippen LogP) is 1.70. The number of aromatic amines is 1. The monoisotopic (exact) mass is 256 g/mol. The van der Waals surface area contributed by atoms with Crippen molar-refractivity contribution < 1.29 is 9.90 Å². The minimum atomic E-state index is -1.09. The van der Waals surface area contributed by atoms with Gasteiger partial charge in [0.15, 0.2) is 5.16 Å². The molecule has 0 unspecified atom stereocenters. The van der Waals surface area contributed by atoms with Crippen molar-refractivity contribution in [3.63, 3.8) is 0 Å². The lowest BCUT2D eigenvalue weighted by molar-refractivity contribution is 0.0696. The highest BCUT2D eigenvalue weighted by Gasteiger charge is 2.14. The molecule has 82 valence electrons. The quantitative estimate of drug-likeness (QED) is 0.868. The molecular formula is C8H5ClN4O2S. The normalized spacial score (nSPS) is 10.3. The zero-order chi connectivity index (χ0) is 11.5. The summed E-state index contributed by atoms with van der Waals surface area (Å²) in [5, 5.41) is 16.1. The second-order valence-corrected chi connectivity index (χ2v) is 4.03. The molecule has 2 heterocycles. The third kappa shape index (κ3) is 2.15. The highest BCUT2D eigenvalue weighted by atomic mass is 35.5. The molecule has 16 heavy (non-hydrogen) atoms. The van der Waals surface area contributed by atoms with Gasteiger partial charge in [0.1, 0.15) is 11.4 Å². The van der Waals surface area contributed by atoms with Gasteiger partial charge < -0.3 is 5.11 Å². The zero-order valence-electron chi connectivity index (χ0n) is 7.72. The second kappa shape index (κ2) is 4.50. The van der Waals surface area contributed by atoms with Crippen LogP contribution in [-0.2, 0) is 0 Å². The van der Waals surface area contributed by atoms with E-state index in [0.717, 1.165) is 11.8 Å². The van der Waals surface area contributed by atoms with Crippen molar-refractivity contribution in [1.82, 2.24) is 20.2 Å². The van der Waals surface area contributed by atoms with Gasteiger partial charge in [0.25, 0.3) is 0 Å². The summed E-state index contributed by atoms with van der Waals surface area (Å²) in [5.41, 5.74) is 0.0127. The van der Waals surface area contributed by atoms with Gasteiger partial charge in [-0.15, -0.1) is 0 Å². The Hall–Kier alpha value is -1.60. The number of hydrogen-bond donors (Lipinski definition) is 2. The molecule has 0 bridgehead atoms. The summed E-state index contributed by atoms with van der Waals surface area (Å²) in [6.07, 6.45) is 2.73. The standard InChI is InChI=1S/C8H5ClN4O2S/c9-5-4(7(14)15)1-2-10-6(5)16-8-11-3-12-13-8/h1-3H,(H,14,15)(H,11,12,13). The van der Waals surface area contributed by atoms with Crippen LogP contribution in [-0.4, -0.2) is 31.2 Å². The molecule has 8 heteroatoms. The Bertz CT molecular complexity index is 517. The van der Waals surface area contributed by atoms with E-state index in [1.54, 1.807) is 0 Å². The maximum absolute atomic E-state index is 10.8. The topological polar surface area (TPSA) is 91.8 Å². The summed E-state index contributed by atoms with van der Waals surface area (Å²) in [5.74, 6) is -1.09. The maximum atomic E-state index is 10.8. The molecule has 2 rings (SSSR count). The SMILES string of the molecule is O=C(O)c1ccnc(Sc2ncn[nH]2)c1Cl. The Labute approximate surface area is 99.1 Å². The van der Waals surface area contributed by atoms with Gasteiger partial charge >= 0.3 is 5.97 Å². The third-order valence-corrected chi connectivity index (χ3v) is 3.06. The van der Waals surface area contributed by atoms with Crippen LogP contribution in [0.2, 0.25) is 5.02 Å². The smallest absolute Gasteiger partial charge is 0.337 e. The van der Waals surface area contributed by atoms with Crippen LogP contribution in [0.15, 0.2) is 28.8 Å². The van der Waals surface area contributed by atoms with Gasteiger partial charge in [-0.25, -0.2) is 14.8 Å². The molecule has 0 spiro atoms. The van der Waals surface area contributed by atoms with Crippen molar-refractivity contribution in [3.8, 4) is 0 Å². The van der Waals surface area contributed by atoms with Gasteiger partial charge in [0.05, 0.1) is 10.6 Å². The Morgan fingerprint density at radius 3 is 2.94 bits per heavy atom. The van der Waals surface area contributed by atoms with E-state index in [2.05, 4.69) is 20.2 Å². The van der Waals surface area contributed by atoms with Gasteiger partial charge in [-0.2, -0.15) is 5.10 Å². The Balaban J connectivity index is 2.35. The fraction of sp³-hybridized carbons (Fsp3) is 0. The number of nitrogens with one attached hydrogen (secondary N) is 1.